The SMILES string of the molecule is O=C(CCN1CCN(S(=O)(=O)/C=C/c2ccccc2)CC1)Nc1ccc(Cl)cc1F. The first kappa shape index (κ1) is 22.4. The number of anilines is 1. The van der Waals surface area contributed by atoms with Crippen LogP contribution in [0.25, 0.3) is 6.08 Å². The second-order valence-corrected chi connectivity index (χ2v) is 9.18. The number of hydrogen-bond donors (Lipinski definition) is 1. The highest BCUT2D eigenvalue weighted by Gasteiger charge is 2.25. The zero-order valence-electron chi connectivity index (χ0n) is 16.3. The van der Waals surface area contributed by atoms with Crippen molar-refractivity contribution in [3.05, 3.63) is 70.3 Å². The minimum absolute atomic E-state index is 0.0884. The van der Waals surface area contributed by atoms with Gasteiger partial charge in [-0.1, -0.05) is 41.9 Å². The summed E-state index contributed by atoms with van der Waals surface area (Å²) < 4.78 is 40.2. The maximum Gasteiger partial charge on any atom is 0.236 e. The van der Waals surface area contributed by atoms with Crippen molar-refractivity contribution in [3.63, 3.8) is 0 Å². The van der Waals surface area contributed by atoms with Crippen molar-refractivity contribution >= 4 is 39.3 Å². The standard InChI is InChI=1S/C21H23ClFN3O3S/c22-18-6-7-20(19(23)16-18)24-21(27)8-10-25-11-13-26(14-12-25)30(28,29)15-9-17-4-2-1-3-5-17/h1-7,9,15-16H,8,10-14H2,(H,24,27)/b15-9+. The lowest BCUT2D eigenvalue weighted by molar-refractivity contribution is -0.116. The number of piperazine rings is 1. The van der Waals surface area contributed by atoms with Gasteiger partial charge in [0.05, 0.1) is 5.69 Å². The molecule has 0 unspecified atom stereocenters. The lowest BCUT2D eigenvalue weighted by Gasteiger charge is -2.33. The van der Waals surface area contributed by atoms with Gasteiger partial charge in [0.2, 0.25) is 15.9 Å². The maximum absolute atomic E-state index is 13.8. The summed E-state index contributed by atoms with van der Waals surface area (Å²) in [6.45, 7) is 2.24. The molecule has 1 aliphatic heterocycles. The second kappa shape index (κ2) is 10.2. The second-order valence-electron chi connectivity index (χ2n) is 6.92. The number of hydrogen-bond acceptors (Lipinski definition) is 4. The van der Waals surface area contributed by atoms with Crippen molar-refractivity contribution in [1.29, 1.82) is 0 Å². The van der Waals surface area contributed by atoms with Gasteiger partial charge in [0.25, 0.3) is 0 Å². The molecule has 30 heavy (non-hydrogen) atoms. The Kier molecular flexibility index (Phi) is 7.60. The summed E-state index contributed by atoms with van der Waals surface area (Å²) in [4.78, 5) is 14.1. The minimum Gasteiger partial charge on any atom is -0.324 e. The van der Waals surface area contributed by atoms with Gasteiger partial charge in [-0.15, -0.1) is 0 Å². The number of rotatable bonds is 7. The van der Waals surface area contributed by atoms with Crippen LogP contribution >= 0.6 is 11.6 Å². The third kappa shape index (κ3) is 6.37. The summed E-state index contributed by atoms with van der Waals surface area (Å²) in [7, 11) is -3.49. The molecule has 0 bridgehead atoms. The Morgan fingerprint density at radius 1 is 1.10 bits per heavy atom. The van der Waals surface area contributed by atoms with Gasteiger partial charge in [-0.2, -0.15) is 4.31 Å². The zero-order valence-corrected chi connectivity index (χ0v) is 17.9. The molecule has 1 saturated heterocycles. The fourth-order valence-electron chi connectivity index (χ4n) is 3.09. The van der Waals surface area contributed by atoms with Crippen LogP contribution in [0.4, 0.5) is 10.1 Å². The van der Waals surface area contributed by atoms with E-state index in [4.69, 9.17) is 11.6 Å². The Labute approximate surface area is 181 Å². The number of nitrogens with one attached hydrogen (secondary N) is 1. The Balaban J connectivity index is 1.45. The van der Waals surface area contributed by atoms with E-state index < -0.39 is 15.8 Å². The molecule has 0 atom stereocenters. The summed E-state index contributed by atoms with van der Waals surface area (Å²) in [5.41, 5.74) is 0.911. The van der Waals surface area contributed by atoms with Crippen molar-refractivity contribution in [2.45, 2.75) is 6.42 Å². The molecule has 160 valence electrons. The van der Waals surface area contributed by atoms with E-state index in [9.17, 15) is 17.6 Å². The fraction of sp³-hybridized carbons (Fsp3) is 0.286. The van der Waals surface area contributed by atoms with Gasteiger partial charge in [0.15, 0.2) is 0 Å². The number of carbonyl (C=O) groups excluding carboxylic acids is 1. The normalized spacial score (nSPS) is 16.1. The van der Waals surface area contributed by atoms with Crippen LogP contribution in [0.15, 0.2) is 53.9 Å². The molecule has 1 heterocycles. The molecular formula is C21H23ClFN3O3S. The summed E-state index contributed by atoms with van der Waals surface area (Å²) in [6.07, 6.45) is 1.77. The first-order valence-electron chi connectivity index (χ1n) is 9.54. The lowest BCUT2D eigenvalue weighted by atomic mass is 10.2. The van der Waals surface area contributed by atoms with Crippen molar-refractivity contribution in [2.75, 3.05) is 38.0 Å². The largest absolute Gasteiger partial charge is 0.324 e. The van der Waals surface area contributed by atoms with Gasteiger partial charge in [-0.05, 0) is 29.8 Å². The predicted octanol–water partition coefficient (Wildman–Crippen LogP) is 3.43. The molecule has 2 aromatic carbocycles. The number of sulfonamides is 1. The highest BCUT2D eigenvalue weighted by Crippen LogP contribution is 2.19. The van der Waals surface area contributed by atoms with E-state index in [1.165, 1.54) is 21.8 Å². The van der Waals surface area contributed by atoms with Crippen LogP contribution in [0.3, 0.4) is 0 Å². The van der Waals surface area contributed by atoms with Crippen molar-refractivity contribution in [1.82, 2.24) is 9.21 Å². The van der Waals surface area contributed by atoms with Gasteiger partial charge in [0.1, 0.15) is 5.82 Å². The smallest absolute Gasteiger partial charge is 0.236 e. The van der Waals surface area contributed by atoms with Crippen LogP contribution in [0.2, 0.25) is 5.02 Å². The van der Waals surface area contributed by atoms with E-state index in [1.54, 1.807) is 6.08 Å². The molecule has 6 nitrogen and oxygen atoms in total. The molecular weight excluding hydrogens is 429 g/mol. The fourth-order valence-corrected chi connectivity index (χ4v) is 4.42. The molecule has 3 rings (SSSR count). The third-order valence-electron chi connectivity index (χ3n) is 4.78. The number of carbonyl (C=O) groups is 1. The average molecular weight is 452 g/mol. The molecule has 0 aliphatic carbocycles. The van der Waals surface area contributed by atoms with Crippen LogP contribution in [0, 0.1) is 5.82 Å². The van der Waals surface area contributed by atoms with Crippen LogP contribution in [-0.4, -0.2) is 56.3 Å². The summed E-state index contributed by atoms with van der Waals surface area (Å²) in [5, 5.41) is 4.02. The zero-order chi connectivity index (χ0) is 21.6. The summed E-state index contributed by atoms with van der Waals surface area (Å²) in [6, 6.07) is 13.3. The Hall–Kier alpha value is -2.26. The molecule has 9 heteroatoms. The first-order valence-corrected chi connectivity index (χ1v) is 11.4. The van der Waals surface area contributed by atoms with E-state index in [1.807, 2.05) is 35.2 Å². The van der Waals surface area contributed by atoms with Gasteiger partial charge >= 0.3 is 0 Å². The van der Waals surface area contributed by atoms with Crippen molar-refractivity contribution in [3.8, 4) is 0 Å². The van der Waals surface area contributed by atoms with E-state index >= 15 is 0 Å². The number of nitrogens with zero attached hydrogens (tertiary/aromatic N) is 2. The van der Waals surface area contributed by atoms with Gasteiger partial charge < -0.3 is 10.2 Å². The molecule has 0 aromatic heterocycles. The average Bonchev–Trinajstić information content (AvgIpc) is 2.74. The highest BCUT2D eigenvalue weighted by molar-refractivity contribution is 7.92. The van der Waals surface area contributed by atoms with E-state index in [2.05, 4.69) is 5.32 Å². The first-order chi connectivity index (χ1) is 14.3. The third-order valence-corrected chi connectivity index (χ3v) is 6.58. The van der Waals surface area contributed by atoms with E-state index in [0.717, 1.165) is 11.6 Å². The Bertz CT molecular complexity index is 1010. The molecule has 0 spiro atoms. The van der Waals surface area contributed by atoms with Gasteiger partial charge in [0, 0.05) is 49.6 Å². The highest BCUT2D eigenvalue weighted by atomic mass is 35.5. The molecule has 2 aromatic rings. The monoisotopic (exact) mass is 451 g/mol. The van der Waals surface area contributed by atoms with Crippen LogP contribution < -0.4 is 5.32 Å². The molecule has 0 radical (unpaired) electrons. The summed E-state index contributed by atoms with van der Waals surface area (Å²) >= 11 is 5.70. The topological polar surface area (TPSA) is 69.7 Å². The molecule has 0 saturated carbocycles. The molecule has 1 N–H and O–H groups in total. The van der Waals surface area contributed by atoms with Crippen LogP contribution in [-0.2, 0) is 14.8 Å². The van der Waals surface area contributed by atoms with Gasteiger partial charge in [-0.3, -0.25) is 4.79 Å². The van der Waals surface area contributed by atoms with E-state index in [0.29, 0.717) is 32.7 Å². The summed E-state index contributed by atoms with van der Waals surface area (Å²) in [5.74, 6) is -0.893. The predicted molar refractivity (Wildman–Crippen MR) is 117 cm³/mol. The maximum atomic E-state index is 13.8. The van der Waals surface area contributed by atoms with Crippen LogP contribution in [0.5, 0.6) is 0 Å². The Morgan fingerprint density at radius 3 is 2.47 bits per heavy atom. The molecule has 1 fully saturated rings. The number of halogens is 2. The van der Waals surface area contributed by atoms with Crippen molar-refractivity contribution < 1.29 is 17.6 Å². The van der Waals surface area contributed by atoms with Crippen molar-refractivity contribution in [2.24, 2.45) is 0 Å². The molecule has 1 aliphatic rings. The Morgan fingerprint density at radius 2 is 1.80 bits per heavy atom. The van der Waals surface area contributed by atoms with Crippen LogP contribution in [0.1, 0.15) is 12.0 Å². The van der Waals surface area contributed by atoms with Gasteiger partial charge in [-0.25, -0.2) is 12.8 Å². The number of benzene rings is 2. The number of amides is 1. The minimum atomic E-state index is -3.49. The lowest BCUT2D eigenvalue weighted by Crippen LogP contribution is -2.48. The quantitative estimate of drug-likeness (QED) is 0.700. The molecule has 1 amide bonds. The van der Waals surface area contributed by atoms with E-state index in [-0.39, 0.29) is 23.0 Å².